The average molecular weight is 366 g/mol. The number of hydrogen-bond acceptors (Lipinski definition) is 4. The Labute approximate surface area is 159 Å². The molecule has 2 N–H and O–H groups in total. The second-order valence-electron chi connectivity index (χ2n) is 7.36. The minimum atomic E-state index is 0.481. The lowest BCUT2D eigenvalue weighted by molar-refractivity contribution is 0.173. The van der Waals surface area contributed by atoms with Crippen molar-refractivity contribution in [2.24, 2.45) is 4.99 Å². The highest BCUT2D eigenvalue weighted by atomic mass is 16.5. The van der Waals surface area contributed by atoms with Gasteiger partial charge in [0.1, 0.15) is 0 Å². The van der Waals surface area contributed by atoms with Gasteiger partial charge in [-0.1, -0.05) is 19.0 Å². The average Bonchev–Trinajstić information content (AvgIpc) is 3.06. The molecule has 0 amide bonds. The van der Waals surface area contributed by atoms with Crippen LogP contribution in [0.1, 0.15) is 78.2 Å². The third-order valence-corrected chi connectivity index (χ3v) is 4.85. The van der Waals surface area contributed by atoms with Gasteiger partial charge < -0.3 is 15.2 Å². The van der Waals surface area contributed by atoms with Crippen LogP contribution in [0.2, 0.25) is 0 Å². The summed E-state index contributed by atoms with van der Waals surface area (Å²) in [6.07, 6.45) is 3.25. The summed E-state index contributed by atoms with van der Waals surface area (Å²) >= 11 is 0. The molecule has 0 bridgehead atoms. The Kier molecular flexibility index (Phi) is 10.3. The van der Waals surface area contributed by atoms with Crippen LogP contribution in [-0.4, -0.2) is 48.2 Å². The first kappa shape index (κ1) is 22.5. The zero-order chi connectivity index (χ0) is 19.5. The Morgan fingerprint density at radius 3 is 2.35 bits per heavy atom. The van der Waals surface area contributed by atoms with Gasteiger partial charge in [0.15, 0.2) is 11.7 Å². The Balaban J connectivity index is 2.37. The molecule has 1 rings (SSSR count). The van der Waals surface area contributed by atoms with Gasteiger partial charge in [-0.2, -0.15) is 0 Å². The third kappa shape index (κ3) is 7.36. The summed E-state index contributed by atoms with van der Waals surface area (Å²) in [5.74, 6) is 2.13. The lowest BCUT2D eigenvalue weighted by Crippen LogP contribution is -2.41. The van der Waals surface area contributed by atoms with Gasteiger partial charge >= 0.3 is 0 Å². The summed E-state index contributed by atoms with van der Waals surface area (Å²) in [7, 11) is 1.79. The zero-order valence-corrected chi connectivity index (χ0v) is 17.8. The maximum absolute atomic E-state index is 5.45. The number of aliphatic imine (C=N–C) groups is 1. The Morgan fingerprint density at radius 2 is 1.81 bits per heavy atom. The van der Waals surface area contributed by atoms with Gasteiger partial charge in [-0.05, 0) is 47.0 Å². The lowest BCUT2D eigenvalue weighted by atomic mass is 9.99. The van der Waals surface area contributed by atoms with E-state index in [1.54, 1.807) is 7.05 Å². The van der Waals surface area contributed by atoms with Crippen molar-refractivity contribution < 1.29 is 4.52 Å². The summed E-state index contributed by atoms with van der Waals surface area (Å²) in [6.45, 7) is 15.9. The highest BCUT2D eigenvalue weighted by molar-refractivity contribution is 5.79. The maximum Gasteiger partial charge on any atom is 0.191 e. The van der Waals surface area contributed by atoms with Crippen LogP contribution in [0.4, 0.5) is 0 Å². The monoisotopic (exact) mass is 365 g/mol. The summed E-state index contributed by atoms with van der Waals surface area (Å²) in [5, 5.41) is 10.9. The molecular weight excluding hydrogens is 326 g/mol. The van der Waals surface area contributed by atoms with E-state index in [1.165, 1.54) is 0 Å². The van der Waals surface area contributed by atoms with E-state index in [-0.39, 0.29) is 0 Å². The minimum Gasteiger partial charge on any atom is -0.359 e. The molecule has 0 saturated heterocycles. The van der Waals surface area contributed by atoms with Gasteiger partial charge in [0.25, 0.3) is 0 Å². The molecule has 0 spiro atoms. The number of aromatic nitrogens is 1. The van der Waals surface area contributed by atoms with Crippen molar-refractivity contribution in [3.63, 3.8) is 0 Å². The summed E-state index contributed by atoms with van der Waals surface area (Å²) in [5.41, 5.74) is 1.05. The van der Waals surface area contributed by atoms with Gasteiger partial charge in [-0.3, -0.25) is 9.89 Å². The molecule has 0 aromatic carbocycles. The van der Waals surface area contributed by atoms with E-state index in [9.17, 15) is 0 Å². The normalized spacial score (nSPS) is 12.7. The van der Waals surface area contributed by atoms with Gasteiger partial charge in [-0.15, -0.1) is 0 Å². The standard InChI is InChI=1S/C20H39N5O/c1-8-17(9-2)19-13-18(26-24-19)14-23-20(21-7)22-11-10-12-25(15(3)4)16(5)6/h13,15-17H,8-12,14H2,1-7H3,(H2,21,22,23). The molecule has 0 aliphatic heterocycles. The first-order valence-electron chi connectivity index (χ1n) is 10.1. The fourth-order valence-corrected chi connectivity index (χ4v) is 3.28. The first-order valence-corrected chi connectivity index (χ1v) is 10.1. The van der Waals surface area contributed by atoms with Crippen molar-refractivity contribution in [1.82, 2.24) is 20.7 Å². The van der Waals surface area contributed by atoms with Crippen molar-refractivity contribution in [2.75, 3.05) is 20.1 Å². The molecule has 1 aromatic heterocycles. The molecule has 6 nitrogen and oxygen atoms in total. The van der Waals surface area contributed by atoms with Crippen molar-refractivity contribution in [1.29, 1.82) is 0 Å². The molecule has 0 atom stereocenters. The van der Waals surface area contributed by atoms with Crippen LogP contribution in [0.15, 0.2) is 15.6 Å². The molecule has 26 heavy (non-hydrogen) atoms. The third-order valence-electron chi connectivity index (χ3n) is 4.85. The van der Waals surface area contributed by atoms with Crippen LogP contribution in [0.3, 0.4) is 0 Å². The zero-order valence-electron chi connectivity index (χ0n) is 17.8. The van der Waals surface area contributed by atoms with Gasteiger partial charge in [0.05, 0.1) is 12.2 Å². The quantitative estimate of drug-likeness (QED) is 0.355. The van der Waals surface area contributed by atoms with Crippen molar-refractivity contribution in [2.45, 2.75) is 85.4 Å². The highest BCUT2D eigenvalue weighted by Crippen LogP contribution is 2.22. The largest absolute Gasteiger partial charge is 0.359 e. The molecular formula is C20H39N5O. The topological polar surface area (TPSA) is 65.7 Å². The molecule has 0 fully saturated rings. The highest BCUT2D eigenvalue weighted by Gasteiger charge is 2.14. The predicted molar refractivity (Wildman–Crippen MR) is 110 cm³/mol. The molecule has 0 saturated carbocycles. The van der Waals surface area contributed by atoms with Crippen LogP contribution in [0, 0.1) is 0 Å². The molecule has 0 aliphatic rings. The van der Waals surface area contributed by atoms with Crippen LogP contribution in [0.5, 0.6) is 0 Å². The van der Waals surface area contributed by atoms with E-state index in [4.69, 9.17) is 4.52 Å². The van der Waals surface area contributed by atoms with Crippen LogP contribution in [0.25, 0.3) is 0 Å². The summed E-state index contributed by atoms with van der Waals surface area (Å²) in [4.78, 5) is 6.79. The number of guanidine groups is 1. The second-order valence-corrected chi connectivity index (χ2v) is 7.36. The molecule has 6 heteroatoms. The number of nitrogens with zero attached hydrogens (tertiary/aromatic N) is 3. The molecule has 1 heterocycles. The van der Waals surface area contributed by atoms with E-state index in [2.05, 4.69) is 73.3 Å². The van der Waals surface area contributed by atoms with Crippen LogP contribution < -0.4 is 10.6 Å². The fraction of sp³-hybridized carbons (Fsp3) is 0.800. The molecule has 150 valence electrons. The SMILES string of the molecule is CCC(CC)c1cc(CNC(=NC)NCCCN(C(C)C)C(C)C)on1. The lowest BCUT2D eigenvalue weighted by Gasteiger charge is -2.30. The van der Waals surface area contributed by atoms with E-state index in [0.29, 0.717) is 24.5 Å². The van der Waals surface area contributed by atoms with Gasteiger partial charge in [0.2, 0.25) is 0 Å². The van der Waals surface area contributed by atoms with Crippen LogP contribution >= 0.6 is 0 Å². The minimum absolute atomic E-state index is 0.481. The smallest absolute Gasteiger partial charge is 0.191 e. The Hall–Kier alpha value is -1.56. The summed E-state index contributed by atoms with van der Waals surface area (Å²) in [6, 6.07) is 3.20. The Bertz CT molecular complexity index is 512. The second kappa shape index (κ2) is 11.9. The maximum atomic E-state index is 5.45. The number of nitrogens with one attached hydrogen (secondary N) is 2. The number of rotatable bonds is 11. The summed E-state index contributed by atoms with van der Waals surface area (Å²) < 4.78 is 5.45. The molecule has 0 aliphatic carbocycles. The molecule has 0 unspecified atom stereocenters. The first-order chi connectivity index (χ1) is 12.4. The predicted octanol–water partition coefficient (Wildman–Crippen LogP) is 3.75. The van der Waals surface area contributed by atoms with Crippen LogP contribution in [-0.2, 0) is 6.54 Å². The van der Waals surface area contributed by atoms with Gasteiger partial charge in [-0.25, -0.2) is 0 Å². The number of hydrogen-bond donors (Lipinski definition) is 2. The van der Waals surface area contributed by atoms with Gasteiger partial charge in [0, 0.05) is 44.2 Å². The Morgan fingerprint density at radius 1 is 1.15 bits per heavy atom. The van der Waals surface area contributed by atoms with E-state index >= 15 is 0 Å². The van der Waals surface area contributed by atoms with E-state index in [1.807, 2.05) is 0 Å². The van der Waals surface area contributed by atoms with E-state index in [0.717, 1.165) is 49.8 Å². The van der Waals surface area contributed by atoms with Crippen molar-refractivity contribution in [3.8, 4) is 0 Å². The molecule has 0 radical (unpaired) electrons. The van der Waals surface area contributed by atoms with E-state index < -0.39 is 0 Å². The fourth-order valence-electron chi connectivity index (χ4n) is 3.28. The van der Waals surface area contributed by atoms with Crippen molar-refractivity contribution in [3.05, 3.63) is 17.5 Å². The van der Waals surface area contributed by atoms with Crippen molar-refractivity contribution >= 4 is 5.96 Å². The molecule has 1 aromatic rings.